The molecule has 0 aliphatic rings. The lowest BCUT2D eigenvalue weighted by molar-refractivity contribution is -0.114. The van der Waals surface area contributed by atoms with E-state index in [0.29, 0.717) is 37.9 Å². The molecule has 6 heteroatoms. The lowest BCUT2D eigenvalue weighted by atomic mass is 10.3. The van der Waals surface area contributed by atoms with Gasteiger partial charge in [-0.3, -0.25) is 4.79 Å². The van der Waals surface area contributed by atoms with Crippen molar-refractivity contribution in [1.29, 1.82) is 0 Å². The molecule has 0 saturated heterocycles. The van der Waals surface area contributed by atoms with Gasteiger partial charge in [0.2, 0.25) is 5.91 Å². The van der Waals surface area contributed by atoms with Gasteiger partial charge in [-0.15, -0.1) is 0 Å². The summed E-state index contributed by atoms with van der Waals surface area (Å²) < 4.78 is 16.3. The van der Waals surface area contributed by atoms with Gasteiger partial charge in [0.15, 0.2) is 0 Å². The largest absolute Gasteiger partial charge is 0.491 e. The minimum atomic E-state index is -0.154. The van der Waals surface area contributed by atoms with Crippen molar-refractivity contribution in [1.82, 2.24) is 0 Å². The maximum atomic E-state index is 12.2. The van der Waals surface area contributed by atoms with Gasteiger partial charge < -0.3 is 24.8 Å². The number of hydrogen-bond acceptors (Lipinski definition) is 5. The summed E-state index contributed by atoms with van der Waals surface area (Å²) in [5.41, 5.74) is 1.48. The Labute approximate surface area is 160 Å². The highest BCUT2D eigenvalue weighted by Gasteiger charge is 2.04. The highest BCUT2D eigenvalue weighted by Crippen LogP contribution is 2.18. The summed E-state index contributed by atoms with van der Waals surface area (Å²) >= 11 is 0. The molecule has 0 aliphatic heterocycles. The quantitative estimate of drug-likeness (QED) is 0.440. The molecule has 0 heterocycles. The van der Waals surface area contributed by atoms with Crippen molar-refractivity contribution >= 4 is 17.3 Å². The maximum absolute atomic E-state index is 12.2. The molecule has 2 N–H and O–H groups in total. The Morgan fingerprint density at radius 1 is 1.04 bits per heavy atom. The number of nitrogens with one attached hydrogen (secondary N) is 2. The average Bonchev–Trinajstić information content (AvgIpc) is 2.69. The predicted octanol–water partition coefficient (Wildman–Crippen LogP) is 3.72. The molecular formula is C21H26N2O4. The summed E-state index contributed by atoms with van der Waals surface area (Å²) in [5.74, 6) is 1.25. The van der Waals surface area contributed by atoms with Gasteiger partial charge in [-0.1, -0.05) is 24.8 Å². The summed E-state index contributed by atoms with van der Waals surface area (Å²) in [4.78, 5) is 12.2. The lowest BCUT2D eigenvalue weighted by Crippen LogP contribution is -2.21. The Bertz CT molecular complexity index is 734. The van der Waals surface area contributed by atoms with Crippen LogP contribution >= 0.6 is 0 Å². The van der Waals surface area contributed by atoms with Crippen molar-refractivity contribution in [2.75, 3.05) is 43.6 Å². The van der Waals surface area contributed by atoms with Crippen LogP contribution in [0.1, 0.15) is 6.92 Å². The van der Waals surface area contributed by atoms with Crippen molar-refractivity contribution < 1.29 is 19.0 Å². The summed E-state index contributed by atoms with van der Waals surface area (Å²) in [5, 5.41) is 5.92. The standard InChI is InChI=1S/C21H26N2O4/c1-3-11-26-19-9-5-7-17(14-19)22-16-21(24)23-18-8-6-10-20(15-18)27-13-12-25-4-2/h3,5-10,14-15,22H,1,4,11-13,16H2,2H3,(H,23,24). The molecule has 0 atom stereocenters. The zero-order valence-electron chi connectivity index (χ0n) is 15.6. The van der Waals surface area contributed by atoms with Gasteiger partial charge in [0.1, 0.15) is 24.7 Å². The first-order chi connectivity index (χ1) is 13.2. The van der Waals surface area contributed by atoms with Crippen LogP contribution in [-0.2, 0) is 9.53 Å². The third kappa shape index (κ3) is 7.83. The van der Waals surface area contributed by atoms with E-state index in [0.717, 1.165) is 11.4 Å². The van der Waals surface area contributed by atoms with E-state index in [1.165, 1.54) is 0 Å². The summed E-state index contributed by atoms with van der Waals surface area (Å²) in [6.07, 6.45) is 1.68. The fourth-order valence-electron chi connectivity index (χ4n) is 2.26. The van der Waals surface area contributed by atoms with Crippen molar-refractivity contribution in [2.45, 2.75) is 6.92 Å². The zero-order chi connectivity index (χ0) is 19.3. The number of anilines is 2. The van der Waals surface area contributed by atoms with Crippen LogP contribution in [0.3, 0.4) is 0 Å². The highest BCUT2D eigenvalue weighted by molar-refractivity contribution is 5.93. The number of carbonyl (C=O) groups is 1. The van der Waals surface area contributed by atoms with Gasteiger partial charge in [0.25, 0.3) is 0 Å². The maximum Gasteiger partial charge on any atom is 0.243 e. The third-order valence-corrected chi connectivity index (χ3v) is 3.47. The highest BCUT2D eigenvalue weighted by atomic mass is 16.5. The topological polar surface area (TPSA) is 68.8 Å². The van der Waals surface area contributed by atoms with E-state index in [-0.39, 0.29) is 12.5 Å². The minimum absolute atomic E-state index is 0.139. The normalized spacial score (nSPS) is 10.1. The van der Waals surface area contributed by atoms with Crippen molar-refractivity contribution in [3.8, 4) is 11.5 Å². The molecule has 0 aromatic heterocycles. The first kappa shape index (κ1) is 20.3. The van der Waals surface area contributed by atoms with Gasteiger partial charge in [0.05, 0.1) is 13.2 Å². The van der Waals surface area contributed by atoms with Gasteiger partial charge in [-0.05, 0) is 31.2 Å². The van der Waals surface area contributed by atoms with Gasteiger partial charge in [-0.2, -0.15) is 0 Å². The van der Waals surface area contributed by atoms with Crippen molar-refractivity contribution in [3.63, 3.8) is 0 Å². The Morgan fingerprint density at radius 3 is 2.48 bits per heavy atom. The fourth-order valence-corrected chi connectivity index (χ4v) is 2.26. The van der Waals surface area contributed by atoms with E-state index in [2.05, 4.69) is 17.2 Å². The summed E-state index contributed by atoms with van der Waals surface area (Å²) in [6.45, 7) is 7.80. The number of benzene rings is 2. The average molecular weight is 370 g/mol. The van der Waals surface area contributed by atoms with E-state index in [4.69, 9.17) is 14.2 Å². The Morgan fingerprint density at radius 2 is 1.74 bits per heavy atom. The molecule has 2 aromatic rings. The van der Waals surface area contributed by atoms with Crippen molar-refractivity contribution in [2.24, 2.45) is 0 Å². The molecule has 1 amide bonds. The number of rotatable bonds is 12. The second-order valence-electron chi connectivity index (χ2n) is 5.60. The first-order valence-electron chi connectivity index (χ1n) is 8.89. The molecule has 6 nitrogen and oxygen atoms in total. The molecule has 0 unspecified atom stereocenters. The molecule has 0 radical (unpaired) electrons. The van der Waals surface area contributed by atoms with Crippen LogP contribution in [0.25, 0.3) is 0 Å². The van der Waals surface area contributed by atoms with Gasteiger partial charge in [0, 0.05) is 30.1 Å². The molecule has 0 saturated carbocycles. The molecule has 27 heavy (non-hydrogen) atoms. The fraction of sp³-hybridized carbons (Fsp3) is 0.286. The van der Waals surface area contributed by atoms with E-state index < -0.39 is 0 Å². The number of ether oxygens (including phenoxy) is 3. The van der Waals surface area contributed by atoms with E-state index >= 15 is 0 Å². The van der Waals surface area contributed by atoms with Crippen LogP contribution in [0.4, 0.5) is 11.4 Å². The van der Waals surface area contributed by atoms with Crippen LogP contribution in [0, 0.1) is 0 Å². The molecule has 2 rings (SSSR count). The summed E-state index contributed by atoms with van der Waals surface area (Å²) in [6, 6.07) is 14.7. The second kappa shape index (κ2) is 11.6. The van der Waals surface area contributed by atoms with Crippen LogP contribution in [0.5, 0.6) is 11.5 Å². The number of hydrogen-bond donors (Lipinski definition) is 2. The zero-order valence-corrected chi connectivity index (χ0v) is 15.6. The van der Waals surface area contributed by atoms with Crippen molar-refractivity contribution in [3.05, 3.63) is 61.2 Å². The Balaban J connectivity index is 1.81. The number of amides is 1. The minimum Gasteiger partial charge on any atom is -0.491 e. The second-order valence-corrected chi connectivity index (χ2v) is 5.60. The monoisotopic (exact) mass is 370 g/mol. The van der Waals surface area contributed by atoms with E-state index in [1.54, 1.807) is 12.1 Å². The van der Waals surface area contributed by atoms with Gasteiger partial charge in [-0.25, -0.2) is 0 Å². The van der Waals surface area contributed by atoms with Gasteiger partial charge >= 0.3 is 0 Å². The van der Waals surface area contributed by atoms with E-state index in [9.17, 15) is 4.79 Å². The van der Waals surface area contributed by atoms with E-state index in [1.807, 2.05) is 49.4 Å². The molecule has 2 aromatic carbocycles. The molecule has 0 spiro atoms. The van der Waals surface area contributed by atoms with Crippen LogP contribution in [0.15, 0.2) is 61.2 Å². The summed E-state index contributed by atoms with van der Waals surface area (Å²) in [7, 11) is 0. The van der Waals surface area contributed by atoms with Crippen LogP contribution in [-0.4, -0.2) is 38.9 Å². The molecular weight excluding hydrogens is 344 g/mol. The number of carbonyl (C=O) groups excluding carboxylic acids is 1. The first-order valence-corrected chi connectivity index (χ1v) is 8.89. The third-order valence-electron chi connectivity index (χ3n) is 3.47. The predicted molar refractivity (Wildman–Crippen MR) is 108 cm³/mol. The molecule has 144 valence electrons. The lowest BCUT2D eigenvalue weighted by Gasteiger charge is -2.11. The SMILES string of the molecule is C=CCOc1cccc(NCC(=O)Nc2cccc(OCCOCC)c2)c1. The smallest absolute Gasteiger partial charge is 0.243 e. The molecule has 0 bridgehead atoms. The van der Waals surface area contributed by atoms with Crippen LogP contribution < -0.4 is 20.1 Å². The van der Waals surface area contributed by atoms with Crippen LogP contribution in [0.2, 0.25) is 0 Å². The molecule has 0 fully saturated rings. The Hall–Kier alpha value is -2.99. The molecule has 0 aliphatic carbocycles. The Kier molecular flexibility index (Phi) is 8.73.